The van der Waals surface area contributed by atoms with Crippen molar-refractivity contribution in [2.75, 3.05) is 0 Å². The van der Waals surface area contributed by atoms with E-state index in [0.29, 0.717) is 5.92 Å². The van der Waals surface area contributed by atoms with Gasteiger partial charge in [-0.2, -0.15) is 0 Å². The minimum atomic E-state index is -0.0386. The molecule has 2 aromatic rings. The average Bonchev–Trinajstić information content (AvgIpc) is 2.38. The van der Waals surface area contributed by atoms with Gasteiger partial charge in [-0.15, -0.1) is 0 Å². The number of benzene rings is 2. The van der Waals surface area contributed by atoms with E-state index in [1.807, 2.05) is 0 Å². The van der Waals surface area contributed by atoms with Gasteiger partial charge in [-0.05, 0) is 54.0 Å². The number of nitrogens with two attached hydrogens (primary N) is 1. The highest BCUT2D eigenvalue weighted by atomic mass is 14.6. The fraction of sp³-hybridized carbons (Fsp3) is 0.368. The van der Waals surface area contributed by atoms with Gasteiger partial charge in [0, 0.05) is 0 Å². The van der Waals surface area contributed by atoms with Gasteiger partial charge in [0.1, 0.15) is 0 Å². The molecule has 0 aliphatic heterocycles. The first-order valence-corrected chi connectivity index (χ1v) is 7.39. The Bertz CT molecular complexity index is 564. The number of hydrogen-bond donors (Lipinski definition) is 1. The van der Waals surface area contributed by atoms with Crippen LogP contribution >= 0.6 is 0 Å². The van der Waals surface area contributed by atoms with E-state index in [4.69, 9.17) is 5.73 Å². The summed E-state index contributed by atoms with van der Waals surface area (Å²) in [5.41, 5.74) is 12.9. The highest BCUT2D eigenvalue weighted by Crippen LogP contribution is 2.26. The second-order valence-corrected chi connectivity index (χ2v) is 6.13. The van der Waals surface area contributed by atoms with Gasteiger partial charge in [-0.25, -0.2) is 0 Å². The predicted octanol–water partition coefficient (Wildman–Crippen LogP) is 4.55. The lowest BCUT2D eigenvalue weighted by molar-refractivity contribution is 0.646. The Labute approximate surface area is 122 Å². The molecule has 0 saturated heterocycles. The molecule has 0 aromatic heterocycles. The zero-order chi connectivity index (χ0) is 14.7. The van der Waals surface area contributed by atoms with E-state index in [-0.39, 0.29) is 6.04 Å². The Morgan fingerprint density at radius 3 is 2.15 bits per heavy atom. The SMILES string of the molecule is Cc1cccc(C)c1C(N)c1cccc(CC(C)C)c1. The van der Waals surface area contributed by atoms with Gasteiger partial charge in [0.2, 0.25) is 0 Å². The quantitative estimate of drug-likeness (QED) is 0.864. The van der Waals surface area contributed by atoms with E-state index in [1.54, 1.807) is 0 Å². The summed E-state index contributed by atoms with van der Waals surface area (Å²) in [4.78, 5) is 0. The second kappa shape index (κ2) is 6.23. The lowest BCUT2D eigenvalue weighted by Gasteiger charge is -2.19. The summed E-state index contributed by atoms with van der Waals surface area (Å²) in [6, 6.07) is 15.1. The van der Waals surface area contributed by atoms with Crippen LogP contribution in [-0.2, 0) is 6.42 Å². The Hall–Kier alpha value is -1.60. The zero-order valence-corrected chi connectivity index (χ0v) is 13.0. The van der Waals surface area contributed by atoms with Crippen LogP contribution in [0.1, 0.15) is 47.7 Å². The maximum Gasteiger partial charge on any atom is 0.0556 e. The first-order chi connectivity index (χ1) is 9.49. The van der Waals surface area contributed by atoms with Crippen molar-refractivity contribution < 1.29 is 0 Å². The van der Waals surface area contributed by atoms with E-state index in [0.717, 1.165) is 6.42 Å². The molecule has 0 aliphatic carbocycles. The van der Waals surface area contributed by atoms with Gasteiger partial charge >= 0.3 is 0 Å². The number of hydrogen-bond acceptors (Lipinski definition) is 1. The molecule has 0 bridgehead atoms. The third-order valence-electron chi connectivity index (χ3n) is 3.81. The smallest absolute Gasteiger partial charge is 0.0556 e. The molecule has 2 rings (SSSR count). The van der Waals surface area contributed by atoms with Gasteiger partial charge in [0.25, 0.3) is 0 Å². The van der Waals surface area contributed by atoms with Crippen LogP contribution in [0.5, 0.6) is 0 Å². The average molecular weight is 267 g/mol. The molecule has 1 atom stereocenters. The Balaban J connectivity index is 2.36. The van der Waals surface area contributed by atoms with Crippen molar-refractivity contribution >= 4 is 0 Å². The summed E-state index contributed by atoms with van der Waals surface area (Å²) < 4.78 is 0. The lowest BCUT2D eigenvalue weighted by Crippen LogP contribution is -2.15. The van der Waals surface area contributed by atoms with Gasteiger partial charge in [-0.1, -0.05) is 56.3 Å². The summed E-state index contributed by atoms with van der Waals surface area (Å²) in [5, 5.41) is 0. The molecule has 1 nitrogen and oxygen atoms in total. The molecule has 2 aromatic carbocycles. The van der Waals surface area contributed by atoms with E-state index in [9.17, 15) is 0 Å². The minimum Gasteiger partial charge on any atom is -0.320 e. The van der Waals surface area contributed by atoms with Gasteiger partial charge in [-0.3, -0.25) is 0 Å². The van der Waals surface area contributed by atoms with Crippen LogP contribution in [0.2, 0.25) is 0 Å². The summed E-state index contributed by atoms with van der Waals surface area (Å²) in [6.45, 7) is 8.77. The molecule has 0 fully saturated rings. The number of aryl methyl sites for hydroxylation is 2. The van der Waals surface area contributed by atoms with Crippen LogP contribution in [0.4, 0.5) is 0 Å². The fourth-order valence-corrected chi connectivity index (χ4v) is 2.87. The third-order valence-corrected chi connectivity index (χ3v) is 3.81. The number of rotatable bonds is 4. The normalized spacial score (nSPS) is 12.7. The van der Waals surface area contributed by atoms with Crippen LogP contribution in [0, 0.1) is 19.8 Å². The van der Waals surface area contributed by atoms with E-state index in [2.05, 4.69) is 70.2 Å². The van der Waals surface area contributed by atoms with Crippen molar-refractivity contribution in [3.8, 4) is 0 Å². The molecule has 20 heavy (non-hydrogen) atoms. The lowest BCUT2D eigenvalue weighted by atomic mass is 9.90. The standard InChI is InChI=1S/C19H25N/c1-13(2)11-16-9-6-10-17(12-16)19(20)18-14(3)7-5-8-15(18)4/h5-10,12-13,19H,11,20H2,1-4H3. The first kappa shape index (κ1) is 14.8. The van der Waals surface area contributed by atoms with Gasteiger partial charge in [0.05, 0.1) is 6.04 Å². The molecule has 0 spiro atoms. The van der Waals surface area contributed by atoms with E-state index >= 15 is 0 Å². The Morgan fingerprint density at radius 1 is 0.950 bits per heavy atom. The molecule has 1 unspecified atom stereocenters. The van der Waals surface area contributed by atoms with Crippen LogP contribution in [-0.4, -0.2) is 0 Å². The van der Waals surface area contributed by atoms with Gasteiger partial charge < -0.3 is 5.73 Å². The topological polar surface area (TPSA) is 26.0 Å². The molecule has 0 saturated carbocycles. The van der Waals surface area contributed by atoms with Crippen LogP contribution in [0.25, 0.3) is 0 Å². The fourth-order valence-electron chi connectivity index (χ4n) is 2.87. The second-order valence-electron chi connectivity index (χ2n) is 6.13. The summed E-state index contributed by atoms with van der Waals surface area (Å²) in [6.07, 6.45) is 1.10. The largest absolute Gasteiger partial charge is 0.320 e. The molecule has 0 radical (unpaired) electrons. The summed E-state index contributed by atoms with van der Waals surface area (Å²) in [5.74, 6) is 0.668. The van der Waals surface area contributed by atoms with Crippen molar-refractivity contribution in [1.29, 1.82) is 0 Å². The highest BCUT2D eigenvalue weighted by molar-refractivity contribution is 5.42. The minimum absolute atomic E-state index is 0.0386. The molecule has 0 amide bonds. The summed E-state index contributed by atoms with van der Waals surface area (Å²) >= 11 is 0. The maximum absolute atomic E-state index is 6.52. The molecule has 2 N–H and O–H groups in total. The van der Waals surface area contributed by atoms with Crippen molar-refractivity contribution in [2.45, 2.75) is 40.2 Å². The highest BCUT2D eigenvalue weighted by Gasteiger charge is 2.14. The van der Waals surface area contributed by atoms with Crippen molar-refractivity contribution in [2.24, 2.45) is 11.7 Å². The predicted molar refractivity (Wildman–Crippen MR) is 86.9 cm³/mol. The monoisotopic (exact) mass is 267 g/mol. The zero-order valence-electron chi connectivity index (χ0n) is 13.0. The third kappa shape index (κ3) is 3.29. The Morgan fingerprint density at radius 2 is 1.55 bits per heavy atom. The molecular formula is C19H25N. The van der Waals surface area contributed by atoms with Crippen LogP contribution < -0.4 is 5.73 Å². The molecular weight excluding hydrogens is 242 g/mol. The Kier molecular flexibility index (Phi) is 4.61. The van der Waals surface area contributed by atoms with E-state index < -0.39 is 0 Å². The van der Waals surface area contributed by atoms with Crippen molar-refractivity contribution in [3.05, 3.63) is 70.3 Å². The van der Waals surface area contributed by atoms with Crippen molar-refractivity contribution in [3.63, 3.8) is 0 Å². The molecule has 0 heterocycles. The molecule has 0 aliphatic rings. The molecule has 106 valence electrons. The maximum atomic E-state index is 6.52. The van der Waals surface area contributed by atoms with Crippen LogP contribution in [0.3, 0.4) is 0 Å². The first-order valence-electron chi connectivity index (χ1n) is 7.39. The van der Waals surface area contributed by atoms with Crippen molar-refractivity contribution in [1.82, 2.24) is 0 Å². The molecule has 1 heteroatoms. The summed E-state index contributed by atoms with van der Waals surface area (Å²) in [7, 11) is 0. The van der Waals surface area contributed by atoms with E-state index in [1.165, 1.54) is 27.8 Å². The van der Waals surface area contributed by atoms with Gasteiger partial charge in [0.15, 0.2) is 0 Å². The van der Waals surface area contributed by atoms with Crippen LogP contribution in [0.15, 0.2) is 42.5 Å².